The Kier molecular flexibility index (Phi) is 1.80. The first-order valence-electron chi connectivity index (χ1n) is 3.10. The van der Waals surface area contributed by atoms with Gasteiger partial charge in [0.05, 0.1) is 11.1 Å². The van der Waals surface area contributed by atoms with Crippen LogP contribution < -0.4 is 0 Å². The van der Waals surface area contributed by atoms with Crippen LogP contribution in [0.25, 0.3) is 5.47 Å². The number of rotatable bonds is 2. The smallest absolute Gasteiger partial charge is 0.287 e. The van der Waals surface area contributed by atoms with Crippen molar-refractivity contribution in [2.24, 2.45) is 0 Å². The lowest BCUT2D eigenvalue weighted by Crippen LogP contribution is -1.83. The Bertz CT molecular complexity index is 277. The molecule has 0 aliphatic heterocycles. The number of nitrogens with zero attached hydrogens (tertiary/aromatic N) is 1. The standard InChI is InChI=1S/C6H7BN2O2/c1-4(7)6-2-5(3-8-6)9(10)11/h2-3,8H,1,7H2. The maximum Gasteiger partial charge on any atom is 0.287 e. The molecule has 0 spiro atoms. The van der Waals surface area contributed by atoms with Crippen LogP contribution in [0, 0.1) is 10.1 Å². The zero-order chi connectivity index (χ0) is 8.43. The van der Waals surface area contributed by atoms with E-state index >= 15 is 0 Å². The molecule has 0 radical (unpaired) electrons. The lowest BCUT2D eigenvalue weighted by atomic mass is 9.95. The number of hydrogen-bond acceptors (Lipinski definition) is 2. The van der Waals surface area contributed by atoms with E-state index in [4.69, 9.17) is 0 Å². The minimum atomic E-state index is -0.442. The van der Waals surface area contributed by atoms with Crippen LogP contribution >= 0.6 is 0 Å². The normalized spacial score (nSPS) is 9.45. The van der Waals surface area contributed by atoms with E-state index in [-0.39, 0.29) is 5.69 Å². The molecule has 0 aliphatic rings. The van der Waals surface area contributed by atoms with Crippen molar-refractivity contribution in [1.82, 2.24) is 4.98 Å². The predicted octanol–water partition coefficient (Wildman–Crippen LogP) is 0.527. The summed E-state index contributed by atoms with van der Waals surface area (Å²) < 4.78 is 0. The highest BCUT2D eigenvalue weighted by atomic mass is 16.6. The number of aromatic amines is 1. The van der Waals surface area contributed by atoms with E-state index in [1.807, 2.05) is 0 Å². The Morgan fingerprint density at radius 3 is 2.73 bits per heavy atom. The molecule has 0 amide bonds. The molecule has 0 aliphatic carbocycles. The van der Waals surface area contributed by atoms with Crippen molar-refractivity contribution in [3.05, 3.63) is 34.7 Å². The first kappa shape index (κ1) is 7.59. The highest BCUT2D eigenvalue weighted by Gasteiger charge is 2.07. The minimum absolute atomic E-state index is 0.0722. The fourth-order valence-electron chi connectivity index (χ4n) is 0.735. The zero-order valence-corrected chi connectivity index (χ0v) is 6.13. The van der Waals surface area contributed by atoms with Crippen LogP contribution in [-0.4, -0.2) is 17.8 Å². The van der Waals surface area contributed by atoms with Crippen molar-refractivity contribution in [3.8, 4) is 0 Å². The zero-order valence-electron chi connectivity index (χ0n) is 6.13. The molecule has 0 bridgehead atoms. The highest BCUT2D eigenvalue weighted by molar-refractivity contribution is 6.41. The summed E-state index contributed by atoms with van der Waals surface area (Å²) in [6.07, 6.45) is 1.35. The predicted molar refractivity (Wildman–Crippen MR) is 45.0 cm³/mol. The van der Waals surface area contributed by atoms with E-state index in [9.17, 15) is 10.1 Å². The Morgan fingerprint density at radius 2 is 2.45 bits per heavy atom. The van der Waals surface area contributed by atoms with Crippen molar-refractivity contribution in [2.45, 2.75) is 0 Å². The summed E-state index contributed by atoms with van der Waals surface area (Å²) >= 11 is 0. The third kappa shape index (κ3) is 1.49. The molecule has 1 aromatic rings. The highest BCUT2D eigenvalue weighted by Crippen LogP contribution is 2.15. The van der Waals surface area contributed by atoms with E-state index in [0.29, 0.717) is 5.69 Å². The quantitative estimate of drug-likeness (QED) is 0.379. The van der Waals surface area contributed by atoms with Gasteiger partial charge in [0.25, 0.3) is 5.69 Å². The molecule has 0 atom stereocenters. The molecule has 0 saturated heterocycles. The summed E-state index contributed by atoms with van der Waals surface area (Å²) in [6, 6.07) is 1.46. The third-order valence-electron chi connectivity index (χ3n) is 1.34. The van der Waals surface area contributed by atoms with Gasteiger partial charge < -0.3 is 4.98 Å². The molecule has 1 aromatic heterocycles. The van der Waals surface area contributed by atoms with Gasteiger partial charge in [0.2, 0.25) is 0 Å². The summed E-state index contributed by atoms with van der Waals surface area (Å²) in [5.74, 6) is 0. The van der Waals surface area contributed by atoms with E-state index in [2.05, 4.69) is 11.6 Å². The second kappa shape index (κ2) is 2.61. The monoisotopic (exact) mass is 150 g/mol. The Balaban J connectivity index is 2.99. The lowest BCUT2D eigenvalue weighted by Gasteiger charge is -1.88. The van der Waals surface area contributed by atoms with Crippen molar-refractivity contribution in [2.75, 3.05) is 0 Å². The van der Waals surface area contributed by atoms with Crippen LogP contribution in [0.1, 0.15) is 5.69 Å². The van der Waals surface area contributed by atoms with E-state index in [0.717, 1.165) is 5.47 Å². The van der Waals surface area contributed by atoms with Crippen molar-refractivity contribution >= 4 is 19.0 Å². The van der Waals surface area contributed by atoms with Crippen molar-refractivity contribution in [3.63, 3.8) is 0 Å². The minimum Gasteiger partial charge on any atom is -0.356 e. The third-order valence-corrected chi connectivity index (χ3v) is 1.34. The molecular weight excluding hydrogens is 143 g/mol. The molecule has 1 N–H and O–H groups in total. The SMILES string of the molecule is BC(=C)c1cc([N+](=O)[O-])c[nH]1. The molecule has 0 fully saturated rings. The molecule has 5 heteroatoms. The van der Waals surface area contributed by atoms with Crippen LogP contribution in [0.2, 0.25) is 0 Å². The van der Waals surface area contributed by atoms with Gasteiger partial charge >= 0.3 is 0 Å². The molecule has 0 aromatic carbocycles. The topological polar surface area (TPSA) is 58.9 Å². The Labute approximate surface area is 64.5 Å². The van der Waals surface area contributed by atoms with Crippen LogP contribution in [0.4, 0.5) is 5.69 Å². The molecule has 1 heterocycles. The summed E-state index contributed by atoms with van der Waals surface area (Å²) in [4.78, 5) is 12.5. The largest absolute Gasteiger partial charge is 0.356 e. The first-order chi connectivity index (χ1) is 5.11. The van der Waals surface area contributed by atoms with Crippen molar-refractivity contribution in [1.29, 1.82) is 0 Å². The van der Waals surface area contributed by atoms with Crippen LogP contribution in [0.5, 0.6) is 0 Å². The first-order valence-corrected chi connectivity index (χ1v) is 3.10. The second-order valence-electron chi connectivity index (χ2n) is 2.31. The van der Waals surface area contributed by atoms with E-state index < -0.39 is 4.92 Å². The second-order valence-corrected chi connectivity index (χ2v) is 2.31. The average Bonchev–Trinajstić information content (AvgIpc) is 2.33. The van der Waals surface area contributed by atoms with E-state index in [1.54, 1.807) is 7.85 Å². The summed E-state index contributed by atoms with van der Waals surface area (Å²) in [5.41, 5.74) is 1.57. The van der Waals surface area contributed by atoms with Gasteiger partial charge in [0, 0.05) is 11.8 Å². The lowest BCUT2D eigenvalue weighted by molar-refractivity contribution is -0.384. The Morgan fingerprint density at radius 1 is 1.82 bits per heavy atom. The maximum atomic E-state index is 10.2. The molecule has 4 nitrogen and oxygen atoms in total. The average molecular weight is 150 g/mol. The molecule has 56 valence electrons. The molecular formula is C6H7BN2O2. The summed E-state index contributed by atoms with van der Waals surface area (Å²) in [5, 5.41) is 10.2. The van der Waals surface area contributed by atoms with Crippen LogP contribution in [0.15, 0.2) is 18.8 Å². The molecule has 11 heavy (non-hydrogen) atoms. The van der Waals surface area contributed by atoms with Gasteiger partial charge in [0.15, 0.2) is 0 Å². The maximum absolute atomic E-state index is 10.2. The molecule has 1 rings (SSSR count). The number of H-pyrrole nitrogens is 1. The molecule has 0 saturated carbocycles. The number of aromatic nitrogens is 1. The van der Waals surface area contributed by atoms with Gasteiger partial charge in [-0.25, -0.2) is 0 Å². The number of nitro groups is 1. The van der Waals surface area contributed by atoms with E-state index in [1.165, 1.54) is 12.3 Å². The summed E-state index contributed by atoms with van der Waals surface area (Å²) in [7, 11) is 1.79. The summed E-state index contributed by atoms with van der Waals surface area (Å²) in [6.45, 7) is 3.64. The Hall–Kier alpha value is -1.52. The fourth-order valence-corrected chi connectivity index (χ4v) is 0.735. The van der Waals surface area contributed by atoms with Crippen LogP contribution in [0.3, 0.4) is 0 Å². The van der Waals surface area contributed by atoms with Gasteiger partial charge in [-0.05, 0) is 0 Å². The van der Waals surface area contributed by atoms with Gasteiger partial charge in [-0.1, -0.05) is 5.47 Å². The van der Waals surface area contributed by atoms with Gasteiger partial charge in [0.1, 0.15) is 7.85 Å². The van der Waals surface area contributed by atoms with Crippen molar-refractivity contribution < 1.29 is 4.92 Å². The number of hydrogen-bond donors (Lipinski definition) is 1. The molecule has 0 unspecified atom stereocenters. The van der Waals surface area contributed by atoms with Crippen LogP contribution in [-0.2, 0) is 0 Å². The van der Waals surface area contributed by atoms with Gasteiger partial charge in [-0.15, -0.1) is 6.58 Å². The fraction of sp³-hybridized carbons (Fsp3) is 0. The van der Waals surface area contributed by atoms with Gasteiger partial charge in [-0.2, -0.15) is 0 Å². The van der Waals surface area contributed by atoms with Gasteiger partial charge in [-0.3, -0.25) is 10.1 Å². The number of nitrogens with one attached hydrogen (secondary N) is 1.